The number of nitrogens with one attached hydrogen (secondary N) is 2. The average molecular weight is 436 g/mol. The second-order valence-electron chi connectivity index (χ2n) is 6.64. The lowest BCUT2D eigenvalue weighted by Gasteiger charge is -2.36. The second kappa shape index (κ2) is 11.1. The van der Waals surface area contributed by atoms with Gasteiger partial charge in [-0.1, -0.05) is 13.0 Å². The van der Waals surface area contributed by atoms with E-state index in [0.717, 1.165) is 67.4 Å². The summed E-state index contributed by atoms with van der Waals surface area (Å²) in [6, 6.07) is 3.73. The van der Waals surface area contributed by atoms with Crippen molar-refractivity contribution in [2.24, 2.45) is 4.99 Å². The summed E-state index contributed by atoms with van der Waals surface area (Å²) in [5.41, 5.74) is 0. The van der Waals surface area contributed by atoms with Crippen LogP contribution in [0.4, 0.5) is 5.13 Å². The number of carbonyl (C=O) groups is 1. The van der Waals surface area contributed by atoms with E-state index in [1.54, 1.807) is 0 Å². The van der Waals surface area contributed by atoms with Crippen LogP contribution in [0.25, 0.3) is 0 Å². The smallest absolute Gasteiger partial charge is 0.261 e. The van der Waals surface area contributed by atoms with Crippen LogP contribution in [0.1, 0.15) is 35.8 Å². The maximum Gasteiger partial charge on any atom is 0.261 e. The monoisotopic (exact) mass is 435 g/mol. The van der Waals surface area contributed by atoms with Gasteiger partial charge in [-0.2, -0.15) is 4.37 Å². The molecule has 1 aliphatic heterocycles. The van der Waals surface area contributed by atoms with Crippen molar-refractivity contribution >= 4 is 39.9 Å². The number of rotatable bonds is 8. The Balaban J connectivity index is 1.43. The molecule has 0 radical (unpaired) electrons. The van der Waals surface area contributed by atoms with Crippen LogP contribution in [0.2, 0.25) is 0 Å². The first-order valence-electron chi connectivity index (χ1n) is 10.1. The lowest BCUT2D eigenvalue weighted by molar-refractivity contribution is 0.0957. The maximum atomic E-state index is 12.0. The third-order valence-corrected chi connectivity index (χ3v) is 6.27. The molecular formula is C19H29N7OS2. The van der Waals surface area contributed by atoms with Gasteiger partial charge in [0.15, 0.2) is 5.96 Å². The van der Waals surface area contributed by atoms with Gasteiger partial charge in [-0.15, -0.1) is 11.3 Å². The summed E-state index contributed by atoms with van der Waals surface area (Å²) in [6.45, 7) is 9.96. The molecule has 2 N–H and O–H groups in total. The fourth-order valence-electron chi connectivity index (χ4n) is 3.01. The predicted molar refractivity (Wildman–Crippen MR) is 120 cm³/mol. The number of guanidine groups is 1. The van der Waals surface area contributed by atoms with Gasteiger partial charge in [0.05, 0.1) is 4.88 Å². The van der Waals surface area contributed by atoms with Gasteiger partial charge < -0.3 is 20.4 Å². The summed E-state index contributed by atoms with van der Waals surface area (Å²) in [5.74, 6) is 1.87. The van der Waals surface area contributed by atoms with E-state index in [1.807, 2.05) is 17.5 Å². The van der Waals surface area contributed by atoms with Crippen molar-refractivity contribution in [2.75, 3.05) is 50.7 Å². The quantitative estimate of drug-likeness (QED) is 0.375. The summed E-state index contributed by atoms with van der Waals surface area (Å²) >= 11 is 2.95. The first-order valence-corrected chi connectivity index (χ1v) is 11.8. The van der Waals surface area contributed by atoms with Crippen molar-refractivity contribution in [3.8, 4) is 0 Å². The van der Waals surface area contributed by atoms with Gasteiger partial charge in [0.1, 0.15) is 5.82 Å². The van der Waals surface area contributed by atoms with Gasteiger partial charge in [0, 0.05) is 63.8 Å². The highest BCUT2D eigenvalue weighted by molar-refractivity contribution is 7.12. The Morgan fingerprint density at radius 1 is 1.24 bits per heavy atom. The molecule has 2 aromatic rings. The summed E-state index contributed by atoms with van der Waals surface area (Å²) in [7, 11) is 0. The number of hydrogen-bond donors (Lipinski definition) is 2. The number of carbonyl (C=O) groups excluding carboxylic acids is 1. The van der Waals surface area contributed by atoms with Crippen LogP contribution in [-0.4, -0.2) is 71.9 Å². The van der Waals surface area contributed by atoms with E-state index in [0.29, 0.717) is 13.1 Å². The third kappa shape index (κ3) is 6.14. The summed E-state index contributed by atoms with van der Waals surface area (Å²) < 4.78 is 4.39. The molecule has 0 saturated carbocycles. The Morgan fingerprint density at radius 2 is 2.07 bits per heavy atom. The molecule has 8 nitrogen and oxygen atoms in total. The number of anilines is 1. The highest BCUT2D eigenvalue weighted by Crippen LogP contribution is 2.19. The number of hydrogen-bond acceptors (Lipinski definition) is 7. The van der Waals surface area contributed by atoms with Gasteiger partial charge in [-0.3, -0.25) is 9.79 Å². The highest BCUT2D eigenvalue weighted by atomic mass is 32.1. The molecule has 1 amide bonds. The van der Waals surface area contributed by atoms with Crippen LogP contribution in [0, 0.1) is 0 Å². The van der Waals surface area contributed by atoms with Crippen molar-refractivity contribution in [2.45, 2.75) is 26.7 Å². The minimum absolute atomic E-state index is 0.00471. The van der Waals surface area contributed by atoms with Crippen molar-refractivity contribution in [1.82, 2.24) is 24.9 Å². The van der Waals surface area contributed by atoms with E-state index >= 15 is 0 Å². The Kier molecular flexibility index (Phi) is 8.24. The van der Waals surface area contributed by atoms with E-state index in [-0.39, 0.29) is 5.91 Å². The summed E-state index contributed by atoms with van der Waals surface area (Å²) in [4.78, 5) is 26.6. The van der Waals surface area contributed by atoms with E-state index in [2.05, 4.69) is 43.6 Å². The normalized spacial score (nSPS) is 14.9. The molecule has 0 bridgehead atoms. The van der Waals surface area contributed by atoms with Crippen molar-refractivity contribution in [3.05, 3.63) is 28.2 Å². The standard InChI is InChI=1S/C19H29N7OS2/c1-3-16-23-19(29-24-16)26-12-10-25(11-13-26)18(20-4-2)22-9-6-8-21-17(27)15-7-5-14-28-15/h5,7,14H,3-4,6,8-13H2,1-2H3,(H,20,22)(H,21,27). The van der Waals surface area contributed by atoms with Gasteiger partial charge in [0.2, 0.25) is 5.13 Å². The Labute approximate surface area is 180 Å². The third-order valence-electron chi connectivity index (χ3n) is 4.59. The number of nitrogens with zero attached hydrogens (tertiary/aromatic N) is 5. The molecule has 10 heteroatoms. The number of amides is 1. The summed E-state index contributed by atoms with van der Waals surface area (Å²) in [6.07, 6.45) is 1.69. The first-order chi connectivity index (χ1) is 14.2. The van der Waals surface area contributed by atoms with Crippen LogP contribution in [0.15, 0.2) is 22.5 Å². The number of thiophene rings is 1. The fraction of sp³-hybridized carbons (Fsp3) is 0.579. The van der Waals surface area contributed by atoms with Crippen LogP contribution in [0.5, 0.6) is 0 Å². The van der Waals surface area contributed by atoms with Crippen LogP contribution in [-0.2, 0) is 6.42 Å². The Bertz CT molecular complexity index is 782. The molecule has 1 fully saturated rings. The van der Waals surface area contributed by atoms with Gasteiger partial charge in [-0.05, 0) is 24.8 Å². The summed E-state index contributed by atoms with van der Waals surface area (Å²) in [5, 5.41) is 9.27. The number of aryl methyl sites for hydroxylation is 1. The highest BCUT2D eigenvalue weighted by Gasteiger charge is 2.21. The number of aliphatic imine (C=N–C) groups is 1. The number of aromatic nitrogens is 2. The largest absolute Gasteiger partial charge is 0.357 e. The minimum atomic E-state index is -0.00471. The zero-order valence-corrected chi connectivity index (χ0v) is 18.7. The molecule has 0 unspecified atom stereocenters. The van der Waals surface area contributed by atoms with E-state index in [9.17, 15) is 4.79 Å². The molecule has 3 heterocycles. The predicted octanol–water partition coefficient (Wildman–Crippen LogP) is 2.07. The molecular weight excluding hydrogens is 406 g/mol. The maximum absolute atomic E-state index is 12.0. The van der Waals surface area contributed by atoms with E-state index in [1.165, 1.54) is 22.9 Å². The lowest BCUT2D eigenvalue weighted by atomic mass is 10.3. The molecule has 0 aliphatic carbocycles. The minimum Gasteiger partial charge on any atom is -0.357 e. The molecule has 3 rings (SSSR count). The van der Waals surface area contributed by atoms with Crippen molar-refractivity contribution < 1.29 is 4.79 Å². The van der Waals surface area contributed by atoms with Gasteiger partial charge in [0.25, 0.3) is 5.91 Å². The molecule has 29 heavy (non-hydrogen) atoms. The van der Waals surface area contributed by atoms with Crippen LogP contribution >= 0.6 is 22.9 Å². The molecule has 158 valence electrons. The average Bonchev–Trinajstić information content (AvgIpc) is 3.45. The fourth-order valence-corrected chi connectivity index (χ4v) is 4.45. The molecule has 0 aromatic carbocycles. The zero-order valence-electron chi connectivity index (χ0n) is 17.1. The van der Waals surface area contributed by atoms with Gasteiger partial charge >= 0.3 is 0 Å². The SMILES string of the molecule is CCNC(=NCCCNC(=O)c1cccs1)N1CCN(c2nc(CC)ns2)CC1. The molecule has 1 aliphatic rings. The zero-order chi connectivity index (χ0) is 20.5. The van der Waals surface area contributed by atoms with Crippen LogP contribution in [0.3, 0.4) is 0 Å². The first kappa shape index (κ1) is 21.5. The Morgan fingerprint density at radius 3 is 2.72 bits per heavy atom. The topological polar surface area (TPSA) is 85.8 Å². The molecule has 1 saturated heterocycles. The molecule has 0 atom stereocenters. The molecule has 2 aromatic heterocycles. The second-order valence-corrected chi connectivity index (χ2v) is 8.32. The van der Waals surface area contributed by atoms with E-state index in [4.69, 9.17) is 4.99 Å². The Hall–Kier alpha value is -2.20. The van der Waals surface area contributed by atoms with E-state index < -0.39 is 0 Å². The van der Waals surface area contributed by atoms with Gasteiger partial charge in [-0.25, -0.2) is 4.98 Å². The van der Waals surface area contributed by atoms with Crippen LogP contribution < -0.4 is 15.5 Å². The van der Waals surface area contributed by atoms with Crippen molar-refractivity contribution in [3.63, 3.8) is 0 Å². The number of piperazine rings is 1. The van der Waals surface area contributed by atoms with Crippen molar-refractivity contribution in [1.29, 1.82) is 0 Å². The molecule has 0 spiro atoms. The lowest BCUT2D eigenvalue weighted by Crippen LogP contribution is -2.52.